The monoisotopic (exact) mass is 387 g/mol. The first kappa shape index (κ1) is 18.7. The number of benzene rings is 2. The minimum atomic E-state index is -0.707. The molecule has 0 atom stereocenters. The fourth-order valence-electron chi connectivity index (χ4n) is 3.85. The van der Waals surface area contributed by atoms with E-state index in [4.69, 9.17) is 9.47 Å². The van der Waals surface area contributed by atoms with Crippen LogP contribution in [0.25, 0.3) is 0 Å². The van der Waals surface area contributed by atoms with Crippen LogP contribution in [0.1, 0.15) is 30.4 Å². The van der Waals surface area contributed by atoms with Gasteiger partial charge in [0.2, 0.25) is 0 Å². The van der Waals surface area contributed by atoms with Crippen molar-refractivity contribution in [3.05, 3.63) is 59.2 Å². The Morgan fingerprint density at radius 3 is 2.61 bits per heavy atom. The fraction of sp³-hybridized carbons (Fsp3) is 0.409. The number of halogens is 2. The van der Waals surface area contributed by atoms with E-state index in [0.29, 0.717) is 25.9 Å². The average molecular weight is 387 g/mol. The van der Waals surface area contributed by atoms with Crippen molar-refractivity contribution in [2.75, 3.05) is 19.7 Å². The first-order valence-corrected chi connectivity index (χ1v) is 9.72. The molecule has 1 fully saturated rings. The van der Waals surface area contributed by atoms with Crippen LogP contribution in [0.4, 0.5) is 8.78 Å². The number of hydrogen-bond donors (Lipinski definition) is 0. The molecule has 0 radical (unpaired) electrons. The number of aryl methyl sites for hydroxylation is 2. The summed E-state index contributed by atoms with van der Waals surface area (Å²) in [6.07, 6.45) is 4.37. The zero-order valence-corrected chi connectivity index (χ0v) is 15.6. The lowest BCUT2D eigenvalue weighted by atomic mass is 10.1. The molecule has 6 heteroatoms. The smallest absolute Gasteiger partial charge is 0.260 e. The Labute approximate surface area is 163 Å². The van der Waals surface area contributed by atoms with Gasteiger partial charge in [-0.25, -0.2) is 8.78 Å². The molecule has 1 saturated heterocycles. The molecular formula is C22H23F2NO3. The average Bonchev–Trinajstić information content (AvgIpc) is 3.17. The third-order valence-corrected chi connectivity index (χ3v) is 5.41. The highest BCUT2D eigenvalue weighted by Crippen LogP contribution is 2.26. The Hall–Kier alpha value is -2.63. The highest BCUT2D eigenvalue weighted by Gasteiger charge is 2.25. The van der Waals surface area contributed by atoms with Gasteiger partial charge in [-0.15, -0.1) is 0 Å². The maximum atomic E-state index is 13.7. The number of hydrogen-bond acceptors (Lipinski definition) is 3. The quantitative estimate of drug-likeness (QED) is 0.781. The molecule has 4 rings (SSSR count). The molecule has 1 heterocycles. The molecule has 0 bridgehead atoms. The summed E-state index contributed by atoms with van der Waals surface area (Å²) < 4.78 is 38.0. The normalized spacial score (nSPS) is 16.7. The molecule has 0 spiro atoms. The number of carbonyl (C=O) groups excluding carboxylic acids is 1. The van der Waals surface area contributed by atoms with Gasteiger partial charge < -0.3 is 14.4 Å². The Bertz CT molecular complexity index is 863. The second kappa shape index (κ2) is 8.17. The fourth-order valence-corrected chi connectivity index (χ4v) is 3.85. The topological polar surface area (TPSA) is 38.8 Å². The number of carbonyl (C=O) groups is 1. The summed E-state index contributed by atoms with van der Waals surface area (Å²) in [5, 5.41) is 0. The molecule has 0 saturated carbocycles. The van der Waals surface area contributed by atoms with Gasteiger partial charge >= 0.3 is 0 Å². The van der Waals surface area contributed by atoms with Crippen molar-refractivity contribution in [3.63, 3.8) is 0 Å². The van der Waals surface area contributed by atoms with Crippen molar-refractivity contribution in [2.45, 2.75) is 38.2 Å². The van der Waals surface area contributed by atoms with Gasteiger partial charge in [0.15, 0.2) is 18.2 Å². The maximum Gasteiger partial charge on any atom is 0.260 e. The molecular weight excluding hydrogens is 364 g/mol. The van der Waals surface area contributed by atoms with Crippen LogP contribution in [-0.2, 0) is 17.6 Å². The standard InChI is InChI=1S/C22H23F2NO3/c23-17-5-7-21(20(24)13-17)28-18-8-10-25(11-9-18)22(26)14-27-19-6-4-15-2-1-3-16(15)12-19/h4-7,12-13,18H,1-3,8-11,14H2. The Balaban J connectivity index is 1.24. The third-order valence-electron chi connectivity index (χ3n) is 5.41. The molecule has 0 aromatic heterocycles. The minimum Gasteiger partial charge on any atom is -0.487 e. The second-order valence-corrected chi connectivity index (χ2v) is 7.35. The summed E-state index contributed by atoms with van der Waals surface area (Å²) in [5.41, 5.74) is 2.69. The summed E-state index contributed by atoms with van der Waals surface area (Å²) >= 11 is 0. The van der Waals surface area contributed by atoms with E-state index in [1.54, 1.807) is 4.90 Å². The van der Waals surface area contributed by atoms with Crippen LogP contribution in [0.5, 0.6) is 11.5 Å². The minimum absolute atomic E-state index is 0.0108. The number of nitrogens with zero attached hydrogens (tertiary/aromatic N) is 1. The van der Waals surface area contributed by atoms with Crippen LogP contribution in [0.2, 0.25) is 0 Å². The van der Waals surface area contributed by atoms with Crippen LogP contribution in [0.3, 0.4) is 0 Å². The van der Waals surface area contributed by atoms with Gasteiger partial charge in [-0.05, 0) is 54.7 Å². The summed E-state index contributed by atoms with van der Waals surface area (Å²) in [4.78, 5) is 14.2. The van der Waals surface area contributed by atoms with E-state index >= 15 is 0 Å². The van der Waals surface area contributed by atoms with E-state index in [-0.39, 0.29) is 24.4 Å². The van der Waals surface area contributed by atoms with Crippen molar-refractivity contribution in [1.82, 2.24) is 4.90 Å². The molecule has 2 aromatic rings. The van der Waals surface area contributed by atoms with E-state index in [0.717, 1.165) is 24.7 Å². The van der Waals surface area contributed by atoms with Gasteiger partial charge in [0.1, 0.15) is 17.7 Å². The maximum absolute atomic E-state index is 13.7. The Kier molecular flexibility index (Phi) is 5.46. The highest BCUT2D eigenvalue weighted by atomic mass is 19.1. The zero-order valence-electron chi connectivity index (χ0n) is 15.6. The molecule has 28 heavy (non-hydrogen) atoms. The summed E-state index contributed by atoms with van der Waals surface area (Å²) in [5.74, 6) is -0.619. The third kappa shape index (κ3) is 4.26. The van der Waals surface area contributed by atoms with Gasteiger partial charge in [0, 0.05) is 32.0 Å². The molecule has 1 amide bonds. The van der Waals surface area contributed by atoms with Crippen LogP contribution in [-0.4, -0.2) is 36.6 Å². The molecule has 2 aromatic carbocycles. The van der Waals surface area contributed by atoms with Crippen molar-refractivity contribution in [2.24, 2.45) is 0 Å². The molecule has 0 unspecified atom stereocenters. The van der Waals surface area contributed by atoms with Crippen LogP contribution >= 0.6 is 0 Å². The van der Waals surface area contributed by atoms with E-state index in [9.17, 15) is 13.6 Å². The first-order chi connectivity index (χ1) is 13.6. The molecule has 4 nitrogen and oxygen atoms in total. The summed E-state index contributed by atoms with van der Waals surface area (Å²) in [7, 11) is 0. The van der Waals surface area contributed by atoms with Crippen molar-refractivity contribution in [3.8, 4) is 11.5 Å². The van der Waals surface area contributed by atoms with Gasteiger partial charge in [-0.2, -0.15) is 0 Å². The predicted octanol–water partition coefficient (Wildman–Crippen LogP) is 3.90. The number of likely N-dealkylation sites (tertiary alicyclic amines) is 1. The van der Waals surface area contributed by atoms with E-state index in [1.165, 1.54) is 29.7 Å². The lowest BCUT2D eigenvalue weighted by molar-refractivity contribution is -0.135. The molecule has 2 aliphatic rings. The SMILES string of the molecule is O=C(COc1ccc2c(c1)CCC2)N1CCC(Oc2ccc(F)cc2F)CC1. The van der Waals surface area contributed by atoms with Crippen LogP contribution < -0.4 is 9.47 Å². The lowest BCUT2D eigenvalue weighted by Crippen LogP contribution is -2.43. The number of ether oxygens (including phenoxy) is 2. The Morgan fingerprint density at radius 2 is 1.82 bits per heavy atom. The summed E-state index contributed by atoms with van der Waals surface area (Å²) in [6.45, 7) is 1.07. The van der Waals surface area contributed by atoms with Crippen molar-refractivity contribution < 1.29 is 23.0 Å². The zero-order chi connectivity index (χ0) is 19.5. The van der Waals surface area contributed by atoms with Crippen molar-refractivity contribution >= 4 is 5.91 Å². The van der Waals surface area contributed by atoms with E-state index in [2.05, 4.69) is 6.07 Å². The van der Waals surface area contributed by atoms with E-state index in [1.807, 2.05) is 12.1 Å². The van der Waals surface area contributed by atoms with Crippen LogP contribution in [0, 0.1) is 11.6 Å². The van der Waals surface area contributed by atoms with E-state index < -0.39 is 11.6 Å². The largest absolute Gasteiger partial charge is 0.487 e. The molecule has 1 aliphatic heterocycles. The number of fused-ring (bicyclic) bond motifs is 1. The first-order valence-electron chi connectivity index (χ1n) is 9.72. The molecule has 0 N–H and O–H groups in total. The second-order valence-electron chi connectivity index (χ2n) is 7.35. The number of amides is 1. The van der Waals surface area contributed by atoms with Gasteiger partial charge in [-0.1, -0.05) is 6.07 Å². The molecule has 148 valence electrons. The van der Waals surface area contributed by atoms with Crippen LogP contribution in [0.15, 0.2) is 36.4 Å². The summed E-state index contributed by atoms with van der Waals surface area (Å²) in [6, 6.07) is 9.32. The number of rotatable bonds is 5. The highest BCUT2D eigenvalue weighted by molar-refractivity contribution is 5.77. The predicted molar refractivity (Wildman–Crippen MR) is 101 cm³/mol. The van der Waals surface area contributed by atoms with Crippen molar-refractivity contribution in [1.29, 1.82) is 0 Å². The number of piperidine rings is 1. The Morgan fingerprint density at radius 1 is 1.04 bits per heavy atom. The van der Waals surface area contributed by atoms with Gasteiger partial charge in [0.05, 0.1) is 0 Å². The van der Waals surface area contributed by atoms with Gasteiger partial charge in [0.25, 0.3) is 5.91 Å². The molecule has 1 aliphatic carbocycles. The van der Waals surface area contributed by atoms with Gasteiger partial charge in [-0.3, -0.25) is 4.79 Å². The lowest BCUT2D eigenvalue weighted by Gasteiger charge is -2.32.